The molecule has 2 heterocycles. The van der Waals surface area contributed by atoms with Gasteiger partial charge in [0.15, 0.2) is 0 Å². The minimum atomic E-state index is -2.64. The zero-order valence-corrected chi connectivity index (χ0v) is 13.3. The Labute approximate surface area is 128 Å². The quantitative estimate of drug-likeness (QED) is 0.881. The fraction of sp³-hybridized carbons (Fsp3) is 0.533. The van der Waals surface area contributed by atoms with Gasteiger partial charge < -0.3 is 5.32 Å². The normalized spacial score (nSPS) is 12.7. The van der Waals surface area contributed by atoms with Gasteiger partial charge >= 0.3 is 0 Å². The summed E-state index contributed by atoms with van der Waals surface area (Å²) in [5.41, 5.74) is 1.84. The molecule has 0 amide bonds. The number of hydrogen-bond donors (Lipinski definition) is 1. The summed E-state index contributed by atoms with van der Waals surface area (Å²) in [6, 6.07) is 1.44. The summed E-state index contributed by atoms with van der Waals surface area (Å²) in [6.07, 6.45) is -0.130. The minimum absolute atomic E-state index is 0.111. The molecule has 7 heteroatoms. The molecule has 2 aromatic rings. The fourth-order valence-electron chi connectivity index (χ4n) is 2.12. The van der Waals surface area contributed by atoms with Crippen LogP contribution in [0.2, 0.25) is 0 Å². The highest BCUT2D eigenvalue weighted by atomic mass is 19.3. The first kappa shape index (κ1) is 16.3. The molecule has 22 heavy (non-hydrogen) atoms. The molecule has 0 radical (unpaired) electrons. The van der Waals surface area contributed by atoms with Crippen molar-refractivity contribution in [1.82, 2.24) is 19.7 Å². The summed E-state index contributed by atoms with van der Waals surface area (Å²) < 4.78 is 28.0. The molecule has 0 aliphatic carbocycles. The van der Waals surface area contributed by atoms with Crippen LogP contribution in [0.4, 0.5) is 14.7 Å². The molecular weight excluding hydrogens is 288 g/mol. The largest absolute Gasteiger partial charge is 0.352 e. The molecule has 2 aromatic heterocycles. The first-order chi connectivity index (χ1) is 10.5. The SMILES string of the molecule is CCC(C)Nc1nc(-c2cnn(CC)c2C)cc(C(F)F)n1. The average molecular weight is 309 g/mol. The fourth-order valence-corrected chi connectivity index (χ4v) is 2.12. The monoisotopic (exact) mass is 309 g/mol. The van der Waals surface area contributed by atoms with E-state index >= 15 is 0 Å². The van der Waals surface area contributed by atoms with Crippen molar-refractivity contribution in [1.29, 1.82) is 0 Å². The lowest BCUT2D eigenvalue weighted by atomic mass is 10.1. The Hall–Kier alpha value is -2.05. The lowest BCUT2D eigenvalue weighted by Gasteiger charge is -2.13. The van der Waals surface area contributed by atoms with Crippen molar-refractivity contribution < 1.29 is 8.78 Å². The van der Waals surface area contributed by atoms with Crippen LogP contribution in [0.5, 0.6) is 0 Å². The Balaban J connectivity index is 2.47. The number of halogens is 2. The van der Waals surface area contributed by atoms with E-state index in [4.69, 9.17) is 0 Å². The molecular formula is C15H21F2N5. The molecule has 0 bridgehead atoms. The van der Waals surface area contributed by atoms with Crippen LogP contribution in [0.25, 0.3) is 11.3 Å². The van der Waals surface area contributed by atoms with E-state index in [9.17, 15) is 8.78 Å². The van der Waals surface area contributed by atoms with Gasteiger partial charge in [0, 0.05) is 23.8 Å². The second kappa shape index (κ2) is 6.81. The van der Waals surface area contributed by atoms with E-state index in [-0.39, 0.29) is 17.7 Å². The van der Waals surface area contributed by atoms with Crippen LogP contribution in [0.3, 0.4) is 0 Å². The summed E-state index contributed by atoms with van der Waals surface area (Å²) in [5, 5.41) is 7.29. The van der Waals surface area contributed by atoms with E-state index in [2.05, 4.69) is 20.4 Å². The molecule has 1 N–H and O–H groups in total. The lowest BCUT2D eigenvalue weighted by Crippen LogP contribution is -2.16. The molecule has 0 aliphatic heterocycles. The van der Waals surface area contributed by atoms with Crippen LogP contribution in [-0.4, -0.2) is 25.8 Å². The zero-order chi connectivity index (χ0) is 16.3. The molecule has 0 saturated carbocycles. The number of aryl methyl sites for hydroxylation is 1. The number of alkyl halides is 2. The van der Waals surface area contributed by atoms with E-state index in [1.54, 1.807) is 10.9 Å². The third kappa shape index (κ3) is 3.40. The standard InChI is InChI=1S/C15H21F2N5/c1-5-9(3)19-15-20-12(7-13(21-15)14(16)17)11-8-18-22(6-2)10(11)4/h7-9,14H,5-6H2,1-4H3,(H,19,20,21). The second-order valence-electron chi connectivity index (χ2n) is 5.22. The molecule has 5 nitrogen and oxygen atoms in total. The van der Waals surface area contributed by atoms with Crippen molar-refractivity contribution >= 4 is 5.95 Å². The van der Waals surface area contributed by atoms with Gasteiger partial charge in [-0.2, -0.15) is 5.10 Å². The summed E-state index contributed by atoms with van der Waals surface area (Å²) in [4.78, 5) is 8.28. The molecule has 0 fully saturated rings. The number of hydrogen-bond acceptors (Lipinski definition) is 4. The molecule has 2 rings (SSSR count). The van der Waals surface area contributed by atoms with Gasteiger partial charge in [-0.15, -0.1) is 0 Å². The average Bonchev–Trinajstić information content (AvgIpc) is 2.87. The van der Waals surface area contributed by atoms with E-state index in [1.807, 2.05) is 27.7 Å². The predicted octanol–water partition coefficient (Wildman–Crippen LogP) is 3.82. The highest BCUT2D eigenvalue weighted by molar-refractivity contribution is 5.62. The molecule has 0 aliphatic rings. The van der Waals surface area contributed by atoms with Crippen molar-refractivity contribution in [2.45, 2.75) is 53.1 Å². The number of aromatic nitrogens is 4. The topological polar surface area (TPSA) is 55.6 Å². The Morgan fingerprint density at radius 2 is 2.00 bits per heavy atom. The number of anilines is 1. The van der Waals surface area contributed by atoms with Gasteiger partial charge in [-0.25, -0.2) is 18.7 Å². The van der Waals surface area contributed by atoms with Crippen LogP contribution >= 0.6 is 0 Å². The molecule has 1 atom stereocenters. The second-order valence-corrected chi connectivity index (χ2v) is 5.22. The van der Waals surface area contributed by atoms with Crippen LogP contribution < -0.4 is 5.32 Å². The molecule has 1 unspecified atom stereocenters. The van der Waals surface area contributed by atoms with Crippen molar-refractivity contribution in [3.63, 3.8) is 0 Å². The molecule has 0 spiro atoms. The summed E-state index contributed by atoms with van der Waals surface area (Å²) >= 11 is 0. The van der Waals surface area contributed by atoms with Crippen LogP contribution in [0, 0.1) is 6.92 Å². The van der Waals surface area contributed by atoms with Crippen molar-refractivity contribution in [3.05, 3.63) is 23.7 Å². The zero-order valence-electron chi connectivity index (χ0n) is 13.3. The first-order valence-corrected chi connectivity index (χ1v) is 7.42. The number of nitrogens with one attached hydrogen (secondary N) is 1. The van der Waals surface area contributed by atoms with Gasteiger partial charge in [0.25, 0.3) is 6.43 Å². The molecule has 0 aromatic carbocycles. The smallest absolute Gasteiger partial charge is 0.280 e. The van der Waals surface area contributed by atoms with Crippen LogP contribution in [-0.2, 0) is 6.54 Å². The van der Waals surface area contributed by atoms with Crippen molar-refractivity contribution in [3.8, 4) is 11.3 Å². The highest BCUT2D eigenvalue weighted by Gasteiger charge is 2.17. The van der Waals surface area contributed by atoms with E-state index in [0.29, 0.717) is 5.69 Å². The number of rotatable bonds is 6. The van der Waals surface area contributed by atoms with Crippen molar-refractivity contribution in [2.24, 2.45) is 0 Å². The summed E-state index contributed by atoms with van der Waals surface area (Å²) in [7, 11) is 0. The van der Waals surface area contributed by atoms with Crippen LogP contribution in [0.1, 0.15) is 45.0 Å². The predicted molar refractivity (Wildman–Crippen MR) is 82.0 cm³/mol. The summed E-state index contributed by atoms with van der Waals surface area (Å²) in [5.74, 6) is 0.228. The van der Waals surface area contributed by atoms with Gasteiger partial charge in [0.1, 0.15) is 5.69 Å². The third-order valence-electron chi connectivity index (χ3n) is 3.64. The van der Waals surface area contributed by atoms with Gasteiger partial charge in [0.05, 0.1) is 11.9 Å². The van der Waals surface area contributed by atoms with E-state index in [0.717, 1.165) is 24.2 Å². The third-order valence-corrected chi connectivity index (χ3v) is 3.64. The van der Waals surface area contributed by atoms with Crippen LogP contribution in [0.15, 0.2) is 12.3 Å². The summed E-state index contributed by atoms with van der Waals surface area (Å²) in [6.45, 7) is 8.56. The Bertz CT molecular complexity index is 639. The maximum atomic E-state index is 13.1. The van der Waals surface area contributed by atoms with E-state index in [1.165, 1.54) is 6.07 Å². The van der Waals surface area contributed by atoms with Gasteiger partial charge in [0.2, 0.25) is 5.95 Å². The number of nitrogens with zero attached hydrogens (tertiary/aromatic N) is 4. The minimum Gasteiger partial charge on any atom is -0.352 e. The highest BCUT2D eigenvalue weighted by Crippen LogP contribution is 2.26. The maximum absolute atomic E-state index is 13.1. The van der Waals surface area contributed by atoms with Gasteiger partial charge in [-0.3, -0.25) is 4.68 Å². The van der Waals surface area contributed by atoms with E-state index < -0.39 is 6.43 Å². The van der Waals surface area contributed by atoms with Crippen molar-refractivity contribution in [2.75, 3.05) is 5.32 Å². The molecule has 120 valence electrons. The molecule has 0 saturated heterocycles. The Morgan fingerprint density at radius 1 is 1.27 bits per heavy atom. The Kier molecular flexibility index (Phi) is 5.05. The van der Waals surface area contributed by atoms with Gasteiger partial charge in [-0.1, -0.05) is 6.92 Å². The lowest BCUT2D eigenvalue weighted by molar-refractivity contribution is 0.146. The Morgan fingerprint density at radius 3 is 2.55 bits per heavy atom. The van der Waals surface area contributed by atoms with Gasteiger partial charge in [-0.05, 0) is 33.3 Å². The first-order valence-electron chi connectivity index (χ1n) is 7.42. The maximum Gasteiger partial charge on any atom is 0.280 e.